The number of hydrogen-bond donors (Lipinski definition) is 1. The lowest BCUT2D eigenvalue weighted by Crippen LogP contribution is -2.27. The standard InChI is InChI=1S/C15H16ClFN4O2S/c1-21-13(7-23-10-4-5-12(17)11(16)6-10)19-20-15(21)24-8-14(22)18-9-2-3-9/h4-6,9H,2-3,7-8H2,1H3,(H,18,22). The zero-order valence-corrected chi connectivity index (χ0v) is 14.5. The Morgan fingerprint density at radius 2 is 2.29 bits per heavy atom. The van der Waals surface area contributed by atoms with E-state index in [0.717, 1.165) is 12.8 Å². The van der Waals surface area contributed by atoms with Gasteiger partial charge in [-0.3, -0.25) is 4.79 Å². The van der Waals surface area contributed by atoms with Crippen LogP contribution >= 0.6 is 23.4 Å². The van der Waals surface area contributed by atoms with Gasteiger partial charge in [-0.2, -0.15) is 0 Å². The molecular weight excluding hydrogens is 355 g/mol. The van der Waals surface area contributed by atoms with E-state index in [9.17, 15) is 9.18 Å². The highest BCUT2D eigenvalue weighted by Crippen LogP contribution is 2.23. The summed E-state index contributed by atoms with van der Waals surface area (Å²) in [5.41, 5.74) is 0. The summed E-state index contributed by atoms with van der Waals surface area (Å²) in [5, 5.41) is 11.7. The Morgan fingerprint density at radius 1 is 1.50 bits per heavy atom. The molecule has 0 unspecified atom stereocenters. The van der Waals surface area contributed by atoms with E-state index in [0.29, 0.717) is 28.5 Å². The Bertz CT molecular complexity index is 751. The number of carbonyl (C=O) groups is 1. The maximum Gasteiger partial charge on any atom is 0.230 e. The highest BCUT2D eigenvalue weighted by molar-refractivity contribution is 7.99. The largest absolute Gasteiger partial charge is 0.486 e. The summed E-state index contributed by atoms with van der Waals surface area (Å²) in [6.07, 6.45) is 2.13. The summed E-state index contributed by atoms with van der Waals surface area (Å²) in [5.74, 6) is 0.856. The van der Waals surface area contributed by atoms with Gasteiger partial charge in [-0.25, -0.2) is 4.39 Å². The van der Waals surface area contributed by atoms with Crippen LogP contribution in [0.3, 0.4) is 0 Å². The van der Waals surface area contributed by atoms with Crippen LogP contribution in [-0.4, -0.2) is 32.5 Å². The minimum absolute atomic E-state index is 0.00313. The van der Waals surface area contributed by atoms with Gasteiger partial charge in [-0.15, -0.1) is 10.2 Å². The normalized spacial score (nSPS) is 13.8. The van der Waals surface area contributed by atoms with Crippen LogP contribution < -0.4 is 10.1 Å². The van der Waals surface area contributed by atoms with Crippen molar-refractivity contribution in [1.29, 1.82) is 0 Å². The van der Waals surface area contributed by atoms with E-state index < -0.39 is 5.82 Å². The Hall–Kier alpha value is -1.80. The summed E-state index contributed by atoms with van der Waals surface area (Å²) >= 11 is 7.04. The SMILES string of the molecule is Cn1c(COc2ccc(F)c(Cl)c2)nnc1SCC(=O)NC1CC1. The molecule has 1 heterocycles. The van der Waals surface area contributed by atoms with Crippen LogP contribution in [0.2, 0.25) is 5.02 Å². The molecule has 1 fully saturated rings. The van der Waals surface area contributed by atoms with Crippen molar-refractivity contribution in [3.8, 4) is 5.75 Å². The first kappa shape index (κ1) is 17.0. The lowest BCUT2D eigenvalue weighted by Gasteiger charge is -2.07. The molecule has 0 atom stereocenters. The third-order valence-electron chi connectivity index (χ3n) is 3.46. The Labute approximate surface area is 147 Å². The van der Waals surface area contributed by atoms with Gasteiger partial charge in [-0.05, 0) is 25.0 Å². The number of thioether (sulfide) groups is 1. The molecule has 2 aromatic rings. The number of ether oxygens (including phenoxy) is 1. The molecule has 0 saturated heterocycles. The molecule has 1 saturated carbocycles. The zero-order valence-electron chi connectivity index (χ0n) is 13.0. The van der Waals surface area contributed by atoms with E-state index in [2.05, 4.69) is 15.5 Å². The van der Waals surface area contributed by atoms with E-state index in [1.54, 1.807) is 11.6 Å². The summed E-state index contributed by atoms with van der Waals surface area (Å²) in [4.78, 5) is 11.7. The van der Waals surface area contributed by atoms with Gasteiger partial charge in [-0.1, -0.05) is 23.4 Å². The molecule has 0 aliphatic heterocycles. The van der Waals surface area contributed by atoms with Crippen LogP contribution in [0.1, 0.15) is 18.7 Å². The van der Waals surface area contributed by atoms with Crippen LogP contribution in [-0.2, 0) is 18.4 Å². The number of nitrogens with one attached hydrogen (secondary N) is 1. The van der Waals surface area contributed by atoms with E-state index in [1.165, 1.54) is 30.0 Å². The second-order valence-corrected chi connectivity index (χ2v) is 6.80. The summed E-state index contributed by atoms with van der Waals surface area (Å²) in [6, 6.07) is 4.50. The van der Waals surface area contributed by atoms with Crippen LogP contribution in [0, 0.1) is 5.82 Å². The van der Waals surface area contributed by atoms with Crippen LogP contribution in [0.4, 0.5) is 4.39 Å². The first-order valence-corrected chi connectivity index (χ1v) is 8.77. The molecule has 1 aromatic heterocycles. The number of hydrogen-bond acceptors (Lipinski definition) is 5. The maximum absolute atomic E-state index is 13.1. The second-order valence-electron chi connectivity index (χ2n) is 5.45. The van der Waals surface area contributed by atoms with E-state index in [-0.39, 0.29) is 17.5 Å². The number of halogens is 2. The fraction of sp³-hybridized carbons (Fsp3) is 0.400. The molecule has 24 heavy (non-hydrogen) atoms. The molecule has 6 nitrogen and oxygen atoms in total. The highest BCUT2D eigenvalue weighted by Gasteiger charge is 2.23. The van der Waals surface area contributed by atoms with Crippen molar-refractivity contribution < 1.29 is 13.9 Å². The third-order valence-corrected chi connectivity index (χ3v) is 4.77. The van der Waals surface area contributed by atoms with Gasteiger partial charge in [0, 0.05) is 19.2 Å². The molecule has 0 bridgehead atoms. The van der Waals surface area contributed by atoms with Crippen molar-refractivity contribution in [3.63, 3.8) is 0 Å². The zero-order chi connectivity index (χ0) is 17.1. The summed E-state index contributed by atoms with van der Waals surface area (Å²) in [6.45, 7) is 0.167. The number of benzene rings is 1. The van der Waals surface area contributed by atoms with Crippen LogP contribution in [0.15, 0.2) is 23.4 Å². The molecule has 3 rings (SSSR count). The fourth-order valence-electron chi connectivity index (χ4n) is 1.94. The fourth-order valence-corrected chi connectivity index (χ4v) is 2.85. The smallest absolute Gasteiger partial charge is 0.230 e. The average Bonchev–Trinajstić information content (AvgIpc) is 3.29. The van der Waals surface area contributed by atoms with E-state index in [4.69, 9.17) is 16.3 Å². The molecule has 1 aliphatic carbocycles. The average molecular weight is 371 g/mol. The molecule has 0 radical (unpaired) electrons. The number of rotatable bonds is 7. The van der Waals surface area contributed by atoms with Gasteiger partial charge < -0.3 is 14.6 Å². The Balaban J connectivity index is 1.53. The summed E-state index contributed by atoms with van der Waals surface area (Å²) in [7, 11) is 1.80. The molecule has 1 aliphatic rings. The highest BCUT2D eigenvalue weighted by atomic mass is 35.5. The van der Waals surface area contributed by atoms with Gasteiger partial charge >= 0.3 is 0 Å². The second kappa shape index (κ2) is 7.40. The molecule has 128 valence electrons. The van der Waals surface area contributed by atoms with Crippen molar-refractivity contribution in [2.45, 2.75) is 30.6 Å². The minimum Gasteiger partial charge on any atom is -0.486 e. The molecule has 9 heteroatoms. The number of nitrogens with zero attached hydrogens (tertiary/aromatic N) is 3. The Morgan fingerprint density at radius 3 is 3.00 bits per heavy atom. The van der Waals surface area contributed by atoms with E-state index in [1.807, 2.05) is 0 Å². The lowest BCUT2D eigenvalue weighted by atomic mass is 10.3. The third kappa shape index (κ3) is 4.39. The molecular formula is C15H16ClFN4O2S. The van der Waals surface area contributed by atoms with Crippen molar-refractivity contribution in [1.82, 2.24) is 20.1 Å². The van der Waals surface area contributed by atoms with Gasteiger partial charge in [0.1, 0.15) is 18.2 Å². The topological polar surface area (TPSA) is 69.0 Å². The van der Waals surface area contributed by atoms with Gasteiger partial charge in [0.2, 0.25) is 5.91 Å². The van der Waals surface area contributed by atoms with Crippen molar-refractivity contribution in [2.75, 3.05) is 5.75 Å². The van der Waals surface area contributed by atoms with Gasteiger partial charge in [0.05, 0.1) is 10.8 Å². The molecule has 1 N–H and O–H groups in total. The Kier molecular flexibility index (Phi) is 5.25. The quantitative estimate of drug-likeness (QED) is 0.758. The number of amides is 1. The van der Waals surface area contributed by atoms with Crippen LogP contribution in [0.25, 0.3) is 0 Å². The predicted octanol–water partition coefficient (Wildman–Crippen LogP) is 2.56. The molecule has 1 amide bonds. The van der Waals surface area contributed by atoms with Gasteiger partial charge in [0.25, 0.3) is 0 Å². The van der Waals surface area contributed by atoms with Gasteiger partial charge in [0.15, 0.2) is 11.0 Å². The molecule has 1 aromatic carbocycles. The van der Waals surface area contributed by atoms with Crippen molar-refractivity contribution in [3.05, 3.63) is 34.9 Å². The summed E-state index contributed by atoms with van der Waals surface area (Å²) < 4.78 is 20.4. The van der Waals surface area contributed by atoms with Crippen LogP contribution in [0.5, 0.6) is 5.75 Å². The molecule has 0 spiro atoms. The first-order chi connectivity index (χ1) is 11.5. The maximum atomic E-state index is 13.1. The number of carbonyl (C=O) groups excluding carboxylic acids is 1. The lowest BCUT2D eigenvalue weighted by molar-refractivity contribution is -0.118. The minimum atomic E-state index is -0.495. The monoisotopic (exact) mass is 370 g/mol. The van der Waals surface area contributed by atoms with Crippen molar-refractivity contribution >= 4 is 29.3 Å². The first-order valence-electron chi connectivity index (χ1n) is 7.41. The predicted molar refractivity (Wildman–Crippen MR) is 88.6 cm³/mol. The number of aromatic nitrogens is 3. The van der Waals surface area contributed by atoms with Crippen molar-refractivity contribution in [2.24, 2.45) is 7.05 Å². The van der Waals surface area contributed by atoms with E-state index >= 15 is 0 Å².